The van der Waals surface area contributed by atoms with Crippen molar-refractivity contribution < 1.29 is 19.0 Å². The van der Waals surface area contributed by atoms with Crippen molar-refractivity contribution in [2.24, 2.45) is 0 Å². The lowest BCUT2D eigenvalue weighted by atomic mass is 10.1. The quantitative estimate of drug-likeness (QED) is 0.561. The maximum absolute atomic E-state index is 11.7. The molecule has 4 heteroatoms. The van der Waals surface area contributed by atoms with Gasteiger partial charge in [0, 0.05) is 6.42 Å². The van der Waals surface area contributed by atoms with Gasteiger partial charge in [-0.3, -0.25) is 4.79 Å². The normalized spacial score (nSPS) is 28.2. The third-order valence-electron chi connectivity index (χ3n) is 1.50. The van der Waals surface area contributed by atoms with Crippen LogP contribution in [-0.2, 0) is 9.53 Å². The Bertz CT molecular complexity index is 137. The fourth-order valence-corrected chi connectivity index (χ4v) is 0.917. The number of hydrogen-bond donors (Lipinski definition) is 1. The topological polar surface area (TPSA) is 46.5 Å². The van der Waals surface area contributed by atoms with Gasteiger partial charge >= 0.3 is 5.97 Å². The molecule has 3 nitrogen and oxygen atoms in total. The van der Waals surface area contributed by atoms with E-state index in [0.717, 1.165) is 0 Å². The van der Waals surface area contributed by atoms with E-state index in [0.29, 0.717) is 12.8 Å². The van der Waals surface area contributed by atoms with Crippen LogP contribution in [0.4, 0.5) is 4.39 Å². The average molecular weight is 148 g/mol. The first kappa shape index (κ1) is 7.47. The molecule has 0 aromatic rings. The van der Waals surface area contributed by atoms with Crippen LogP contribution in [-0.4, -0.2) is 30.0 Å². The molecule has 0 unspecified atom stereocenters. The standard InChI is InChI=1S/C6H9FO3/c7-3-4(8)5-1-2-6(9)10-5/h4-5,8H,1-3H2/t4-,5-/m1/s1. The zero-order chi connectivity index (χ0) is 7.56. The lowest BCUT2D eigenvalue weighted by Crippen LogP contribution is -2.27. The molecule has 0 amide bonds. The van der Waals surface area contributed by atoms with Crippen LogP contribution in [0.25, 0.3) is 0 Å². The van der Waals surface area contributed by atoms with Gasteiger partial charge in [-0.15, -0.1) is 0 Å². The highest BCUT2D eigenvalue weighted by Gasteiger charge is 2.29. The number of ether oxygens (including phenoxy) is 1. The second-order valence-electron chi connectivity index (χ2n) is 2.29. The second-order valence-corrected chi connectivity index (χ2v) is 2.29. The molecule has 0 aliphatic carbocycles. The van der Waals surface area contributed by atoms with Crippen LogP contribution in [0.5, 0.6) is 0 Å². The Labute approximate surface area is 57.8 Å². The van der Waals surface area contributed by atoms with Crippen LogP contribution in [0.3, 0.4) is 0 Å². The summed E-state index contributed by atoms with van der Waals surface area (Å²) in [5, 5.41) is 8.82. The molecule has 1 aliphatic heterocycles. The summed E-state index contributed by atoms with van der Waals surface area (Å²) in [4.78, 5) is 10.4. The summed E-state index contributed by atoms with van der Waals surface area (Å²) in [7, 11) is 0. The van der Waals surface area contributed by atoms with Crippen LogP contribution in [0.1, 0.15) is 12.8 Å². The van der Waals surface area contributed by atoms with Crippen LogP contribution in [0.2, 0.25) is 0 Å². The van der Waals surface area contributed by atoms with Gasteiger partial charge in [0.1, 0.15) is 18.9 Å². The van der Waals surface area contributed by atoms with Gasteiger partial charge < -0.3 is 9.84 Å². The smallest absolute Gasteiger partial charge is 0.306 e. The maximum atomic E-state index is 11.7. The first-order valence-electron chi connectivity index (χ1n) is 3.17. The summed E-state index contributed by atoms with van der Waals surface area (Å²) in [6, 6.07) is 0. The minimum Gasteiger partial charge on any atom is -0.459 e. The molecule has 0 bridgehead atoms. The van der Waals surface area contributed by atoms with E-state index in [9.17, 15) is 9.18 Å². The van der Waals surface area contributed by atoms with Crippen molar-refractivity contribution in [3.8, 4) is 0 Å². The average Bonchev–Trinajstić information content (AvgIpc) is 2.34. The predicted molar refractivity (Wildman–Crippen MR) is 31.1 cm³/mol. The monoisotopic (exact) mass is 148 g/mol. The summed E-state index contributed by atoms with van der Waals surface area (Å²) >= 11 is 0. The lowest BCUT2D eigenvalue weighted by molar-refractivity contribution is -0.145. The van der Waals surface area contributed by atoms with Crippen LogP contribution < -0.4 is 0 Å². The number of hydrogen-bond acceptors (Lipinski definition) is 3. The molecule has 0 aromatic heterocycles. The number of carbonyl (C=O) groups excluding carboxylic acids is 1. The molecule has 1 heterocycles. The number of halogens is 1. The minimum atomic E-state index is -1.13. The van der Waals surface area contributed by atoms with E-state index in [1.54, 1.807) is 0 Å². The van der Waals surface area contributed by atoms with Crippen molar-refractivity contribution in [2.75, 3.05) is 6.67 Å². The van der Waals surface area contributed by atoms with E-state index in [1.807, 2.05) is 0 Å². The van der Waals surface area contributed by atoms with Crippen LogP contribution in [0.15, 0.2) is 0 Å². The number of aliphatic hydroxyl groups excluding tert-OH is 1. The molecule has 0 radical (unpaired) electrons. The molecule has 1 N–H and O–H groups in total. The van der Waals surface area contributed by atoms with Gasteiger partial charge in [-0.1, -0.05) is 0 Å². The molecule has 0 aromatic carbocycles. The van der Waals surface area contributed by atoms with Crippen molar-refractivity contribution in [3.05, 3.63) is 0 Å². The van der Waals surface area contributed by atoms with E-state index < -0.39 is 18.9 Å². The van der Waals surface area contributed by atoms with Gasteiger partial charge in [-0.05, 0) is 6.42 Å². The molecule has 0 spiro atoms. The highest BCUT2D eigenvalue weighted by Crippen LogP contribution is 2.16. The summed E-state index contributed by atoms with van der Waals surface area (Å²) in [5.41, 5.74) is 0. The molecule has 1 saturated heterocycles. The van der Waals surface area contributed by atoms with Gasteiger partial charge in [0.25, 0.3) is 0 Å². The van der Waals surface area contributed by atoms with E-state index in [1.165, 1.54) is 0 Å². The first-order valence-corrected chi connectivity index (χ1v) is 3.17. The Hall–Kier alpha value is -0.640. The highest BCUT2D eigenvalue weighted by atomic mass is 19.1. The zero-order valence-electron chi connectivity index (χ0n) is 5.42. The molecule has 1 fully saturated rings. The Morgan fingerprint density at radius 3 is 3.00 bits per heavy atom. The fraction of sp³-hybridized carbons (Fsp3) is 0.833. The first-order chi connectivity index (χ1) is 4.74. The van der Waals surface area contributed by atoms with Gasteiger partial charge in [0.15, 0.2) is 0 Å². The molecule has 1 aliphatic rings. The van der Waals surface area contributed by atoms with E-state index >= 15 is 0 Å². The van der Waals surface area contributed by atoms with Crippen molar-refractivity contribution in [1.82, 2.24) is 0 Å². The van der Waals surface area contributed by atoms with Crippen molar-refractivity contribution in [3.63, 3.8) is 0 Å². The summed E-state index contributed by atoms with van der Waals surface area (Å²) in [6.45, 7) is -0.849. The largest absolute Gasteiger partial charge is 0.459 e. The Morgan fingerprint density at radius 1 is 1.90 bits per heavy atom. The van der Waals surface area contributed by atoms with E-state index in [2.05, 4.69) is 4.74 Å². The van der Waals surface area contributed by atoms with Crippen LogP contribution in [0, 0.1) is 0 Å². The third kappa shape index (κ3) is 1.44. The Balaban J connectivity index is 2.36. The molecule has 10 heavy (non-hydrogen) atoms. The second kappa shape index (κ2) is 2.96. The zero-order valence-corrected chi connectivity index (χ0v) is 5.42. The number of alkyl halides is 1. The van der Waals surface area contributed by atoms with Gasteiger partial charge in [0.2, 0.25) is 0 Å². The predicted octanol–water partition coefficient (Wildman–Crippen LogP) is 0.0224. The van der Waals surface area contributed by atoms with E-state index in [4.69, 9.17) is 5.11 Å². The summed E-state index contributed by atoms with van der Waals surface area (Å²) in [6.07, 6.45) is -1.02. The SMILES string of the molecule is O=C1CC[C@H]([C@H](O)CF)O1. The number of rotatable bonds is 2. The molecule has 2 atom stereocenters. The van der Waals surface area contributed by atoms with Crippen molar-refractivity contribution in [1.29, 1.82) is 0 Å². The molecule has 58 valence electrons. The fourth-order valence-electron chi connectivity index (χ4n) is 0.917. The van der Waals surface area contributed by atoms with Gasteiger partial charge in [-0.2, -0.15) is 0 Å². The highest BCUT2D eigenvalue weighted by molar-refractivity contribution is 5.71. The van der Waals surface area contributed by atoms with Gasteiger partial charge in [-0.25, -0.2) is 4.39 Å². The Kier molecular flexibility index (Phi) is 2.21. The number of aliphatic hydroxyl groups is 1. The lowest BCUT2D eigenvalue weighted by Gasteiger charge is -2.12. The number of cyclic esters (lactones) is 1. The number of esters is 1. The van der Waals surface area contributed by atoms with Crippen molar-refractivity contribution >= 4 is 5.97 Å². The molecule has 1 rings (SSSR count). The van der Waals surface area contributed by atoms with Gasteiger partial charge in [0.05, 0.1) is 0 Å². The third-order valence-corrected chi connectivity index (χ3v) is 1.50. The number of carbonyl (C=O) groups is 1. The molecular formula is C6H9FO3. The Morgan fingerprint density at radius 2 is 2.60 bits per heavy atom. The maximum Gasteiger partial charge on any atom is 0.306 e. The summed E-state index contributed by atoms with van der Waals surface area (Å²) < 4.78 is 16.3. The van der Waals surface area contributed by atoms with E-state index in [-0.39, 0.29) is 5.97 Å². The van der Waals surface area contributed by atoms with Crippen LogP contribution >= 0.6 is 0 Å². The minimum absolute atomic E-state index is 0.293. The molecular weight excluding hydrogens is 139 g/mol. The summed E-state index contributed by atoms with van der Waals surface area (Å²) in [5.74, 6) is -0.350. The molecule has 0 saturated carbocycles. The van der Waals surface area contributed by atoms with Crippen molar-refractivity contribution in [2.45, 2.75) is 25.0 Å².